The highest BCUT2D eigenvalue weighted by molar-refractivity contribution is 6.29. The molecule has 0 spiro atoms. The number of carbonyl (C=O) groups excluding carboxylic acids is 3. The molecule has 1 N–H and O–H groups in total. The third kappa shape index (κ3) is 3.97. The number of β-lactam (4-membered cyclic amide) rings is 1. The maximum atomic E-state index is 14.6. The van der Waals surface area contributed by atoms with E-state index >= 15 is 0 Å². The van der Waals surface area contributed by atoms with Gasteiger partial charge in [0.1, 0.15) is 17.9 Å². The number of benzene rings is 3. The first-order valence-electron chi connectivity index (χ1n) is 13.7. The van der Waals surface area contributed by atoms with Gasteiger partial charge in [0.25, 0.3) is 23.4 Å². The van der Waals surface area contributed by atoms with Gasteiger partial charge < -0.3 is 29.0 Å². The van der Waals surface area contributed by atoms with E-state index in [4.69, 9.17) is 18.9 Å². The molecule has 3 heterocycles. The number of nitro benzene ring substituents is 1. The summed E-state index contributed by atoms with van der Waals surface area (Å²) in [5.41, 5.74) is -4.61. The summed E-state index contributed by atoms with van der Waals surface area (Å²) in [5, 5.41) is 23.8. The predicted molar refractivity (Wildman–Crippen MR) is 154 cm³/mol. The fraction of sp³-hybridized carbons (Fsp3) is 0.323. The summed E-state index contributed by atoms with van der Waals surface area (Å²) in [5.74, 6) is -3.18. The molecule has 0 unspecified atom stereocenters. The molecule has 3 aliphatic heterocycles. The van der Waals surface area contributed by atoms with Crippen LogP contribution in [0.4, 0.5) is 17.1 Å². The second-order valence-corrected chi connectivity index (χ2v) is 11.1. The Hall–Kier alpha value is -4.69. The number of hydrogen-bond acceptors (Lipinski definition) is 10. The van der Waals surface area contributed by atoms with Crippen LogP contribution >= 0.6 is 0 Å². The maximum Gasteiger partial charge on any atom is 0.274 e. The predicted octanol–water partition coefficient (Wildman–Crippen LogP) is 2.93. The van der Waals surface area contributed by atoms with Crippen molar-refractivity contribution < 1.29 is 43.4 Å². The van der Waals surface area contributed by atoms with Crippen molar-refractivity contribution in [1.82, 2.24) is 0 Å². The number of ether oxygens (including phenoxy) is 4. The number of anilines is 2. The lowest BCUT2D eigenvalue weighted by atomic mass is 9.64. The van der Waals surface area contributed by atoms with Gasteiger partial charge in [0.05, 0.1) is 24.3 Å². The minimum Gasteiger partial charge on any atom is -0.497 e. The summed E-state index contributed by atoms with van der Waals surface area (Å²) in [4.78, 5) is 55.4. The largest absolute Gasteiger partial charge is 0.497 e. The van der Waals surface area contributed by atoms with Crippen LogP contribution < -0.4 is 14.5 Å². The van der Waals surface area contributed by atoms with Crippen molar-refractivity contribution in [3.8, 4) is 5.75 Å². The zero-order valence-electron chi connectivity index (χ0n) is 24.3. The van der Waals surface area contributed by atoms with Crippen LogP contribution in [-0.2, 0) is 29.4 Å². The van der Waals surface area contributed by atoms with Crippen molar-refractivity contribution in [2.24, 2.45) is 0 Å². The van der Waals surface area contributed by atoms with Gasteiger partial charge >= 0.3 is 0 Å². The molecular weight excluding hydrogens is 574 g/mol. The van der Waals surface area contributed by atoms with Crippen molar-refractivity contribution >= 4 is 34.8 Å². The van der Waals surface area contributed by atoms with Crippen LogP contribution in [0.2, 0.25) is 0 Å². The summed E-state index contributed by atoms with van der Waals surface area (Å²) in [7, 11) is 2.69. The summed E-state index contributed by atoms with van der Waals surface area (Å²) < 4.78 is 23.1. The number of amides is 3. The molecule has 0 radical (unpaired) electrons. The van der Waals surface area contributed by atoms with Crippen LogP contribution in [0.25, 0.3) is 0 Å². The lowest BCUT2D eigenvalue weighted by Gasteiger charge is -2.59. The van der Waals surface area contributed by atoms with Crippen LogP contribution in [0.15, 0.2) is 72.8 Å². The normalized spacial score (nSPS) is 27.2. The highest BCUT2D eigenvalue weighted by Crippen LogP contribution is 2.57. The number of nitrogens with zero attached hydrogens (tertiary/aromatic N) is 3. The van der Waals surface area contributed by atoms with E-state index in [-0.39, 0.29) is 29.1 Å². The van der Waals surface area contributed by atoms with Gasteiger partial charge in [0.15, 0.2) is 5.79 Å². The molecule has 0 aliphatic carbocycles. The molecule has 3 amide bonds. The number of aliphatic hydroxyl groups is 1. The van der Waals surface area contributed by atoms with Crippen LogP contribution in [0.3, 0.4) is 0 Å². The van der Waals surface area contributed by atoms with E-state index in [0.29, 0.717) is 11.4 Å². The number of non-ortho nitro benzene ring substituents is 1. The molecule has 228 valence electrons. The van der Waals surface area contributed by atoms with Crippen LogP contribution in [0, 0.1) is 10.1 Å². The van der Waals surface area contributed by atoms with E-state index in [0.717, 1.165) is 17.0 Å². The fourth-order valence-corrected chi connectivity index (χ4v) is 6.37. The van der Waals surface area contributed by atoms with Crippen molar-refractivity contribution in [2.45, 2.75) is 43.0 Å². The van der Waals surface area contributed by atoms with Gasteiger partial charge in [0.2, 0.25) is 11.2 Å². The summed E-state index contributed by atoms with van der Waals surface area (Å²) >= 11 is 0. The quantitative estimate of drug-likeness (QED) is 0.184. The average Bonchev–Trinajstić information content (AvgIpc) is 3.51. The van der Waals surface area contributed by atoms with Gasteiger partial charge in [-0.25, -0.2) is 4.90 Å². The first-order valence-corrected chi connectivity index (χ1v) is 13.7. The molecule has 3 aliphatic rings. The third-order valence-corrected chi connectivity index (χ3v) is 8.38. The monoisotopic (exact) mass is 603 g/mol. The van der Waals surface area contributed by atoms with E-state index in [9.17, 15) is 29.6 Å². The highest BCUT2D eigenvalue weighted by atomic mass is 16.7. The molecule has 3 aromatic carbocycles. The lowest BCUT2D eigenvalue weighted by Crippen LogP contribution is -2.86. The minimum absolute atomic E-state index is 0.0129. The zero-order valence-corrected chi connectivity index (χ0v) is 24.3. The van der Waals surface area contributed by atoms with Crippen LogP contribution in [0.5, 0.6) is 5.75 Å². The number of methoxy groups -OCH3 is 2. The Balaban J connectivity index is 1.48. The highest BCUT2D eigenvalue weighted by Gasteiger charge is 2.80. The van der Waals surface area contributed by atoms with Gasteiger partial charge in [-0.3, -0.25) is 24.5 Å². The van der Waals surface area contributed by atoms with E-state index in [2.05, 4.69) is 0 Å². The molecule has 13 nitrogen and oxygen atoms in total. The molecule has 6 rings (SSSR count). The fourth-order valence-electron chi connectivity index (χ4n) is 6.37. The van der Waals surface area contributed by atoms with Gasteiger partial charge in [-0.2, -0.15) is 0 Å². The molecule has 13 heteroatoms. The molecule has 0 bridgehead atoms. The first-order chi connectivity index (χ1) is 20.9. The van der Waals surface area contributed by atoms with E-state index < -0.39 is 51.8 Å². The van der Waals surface area contributed by atoms with E-state index in [1.54, 1.807) is 50.2 Å². The molecule has 3 aromatic rings. The maximum absolute atomic E-state index is 14.6. The Morgan fingerprint density at radius 2 is 1.66 bits per heavy atom. The number of carbonyl (C=O) groups is 3. The smallest absolute Gasteiger partial charge is 0.274 e. The Morgan fingerprint density at radius 1 is 1.00 bits per heavy atom. The van der Waals surface area contributed by atoms with Crippen molar-refractivity contribution in [2.75, 3.05) is 30.6 Å². The Bertz CT molecular complexity index is 1670. The van der Waals surface area contributed by atoms with Gasteiger partial charge in [-0.05, 0) is 56.3 Å². The lowest BCUT2D eigenvalue weighted by molar-refractivity contribution is -0.384. The molecule has 4 atom stereocenters. The number of rotatable bonds is 7. The Kier molecular flexibility index (Phi) is 6.81. The summed E-state index contributed by atoms with van der Waals surface area (Å²) in [6.45, 7) is 3.37. The number of fused-ring (bicyclic) bond motifs is 1. The standard InChI is InChI=1S/C31H29N3O10/c1-29(2)43-17-24(44-29)25-30(38,27(36)32(25)19-13-15-21(41-3)16-14-19)31(42-4)22-7-5-6-8-23(22)33(28(31)37)26(35)18-9-11-20(12-10-18)34(39)40/h5-16,24-25,38H,17H2,1-4H3/t24-,25+,30-,31+/m1/s1. The number of para-hydroxylation sites is 1. The molecule has 44 heavy (non-hydrogen) atoms. The molecule has 2 fully saturated rings. The Labute approximate surface area is 251 Å². The first kappa shape index (κ1) is 29.4. The summed E-state index contributed by atoms with van der Waals surface area (Å²) in [6.07, 6.45) is -0.902. The van der Waals surface area contributed by atoms with E-state index in [1.807, 2.05) is 0 Å². The summed E-state index contributed by atoms with van der Waals surface area (Å²) in [6, 6.07) is 16.3. The van der Waals surface area contributed by atoms with Crippen molar-refractivity contribution in [3.63, 3.8) is 0 Å². The second kappa shape index (κ2) is 10.2. The Morgan fingerprint density at radius 3 is 2.23 bits per heavy atom. The van der Waals surface area contributed by atoms with Gasteiger partial charge in [-0.15, -0.1) is 0 Å². The minimum atomic E-state index is -2.56. The van der Waals surface area contributed by atoms with Crippen molar-refractivity contribution in [3.05, 3.63) is 94.0 Å². The molecular formula is C31H29N3O10. The number of imide groups is 1. The number of hydrogen-bond donors (Lipinski definition) is 1. The molecule has 2 saturated heterocycles. The zero-order chi connectivity index (χ0) is 31.6. The van der Waals surface area contributed by atoms with Crippen LogP contribution in [0.1, 0.15) is 29.8 Å². The second-order valence-electron chi connectivity index (χ2n) is 11.1. The molecule has 0 aromatic heterocycles. The van der Waals surface area contributed by atoms with E-state index in [1.165, 1.54) is 43.4 Å². The van der Waals surface area contributed by atoms with Gasteiger partial charge in [0, 0.05) is 36.1 Å². The SMILES string of the molecule is COc1ccc(N2C(=O)[C@@](O)([C@@]3(OC)C(=O)N(C(=O)c4ccc([N+](=O)[O-])cc4)c4ccccc43)[C@@H]2[C@H]2COC(C)(C)O2)cc1. The molecule has 0 saturated carbocycles. The average molecular weight is 604 g/mol. The number of nitro groups is 1. The van der Waals surface area contributed by atoms with Crippen molar-refractivity contribution in [1.29, 1.82) is 0 Å². The van der Waals surface area contributed by atoms with Gasteiger partial charge in [-0.1, -0.05) is 18.2 Å². The topological polar surface area (TPSA) is 158 Å². The van der Waals surface area contributed by atoms with Crippen LogP contribution in [-0.4, -0.2) is 72.1 Å². The third-order valence-electron chi connectivity index (χ3n) is 8.38.